The number of fused-ring (bicyclic) bond motifs is 1. The zero-order valence-corrected chi connectivity index (χ0v) is 17.1. The van der Waals surface area contributed by atoms with Crippen molar-refractivity contribution in [2.24, 2.45) is 0 Å². The van der Waals surface area contributed by atoms with Crippen LogP contribution in [-0.2, 0) is 21.4 Å². The van der Waals surface area contributed by atoms with Crippen molar-refractivity contribution in [3.63, 3.8) is 0 Å². The minimum Gasteiger partial charge on any atom is -0.459 e. The van der Waals surface area contributed by atoms with Crippen LogP contribution in [0.5, 0.6) is 0 Å². The van der Waals surface area contributed by atoms with E-state index in [4.69, 9.17) is 4.42 Å². The van der Waals surface area contributed by atoms with E-state index in [1.165, 1.54) is 44.4 Å². The highest BCUT2D eigenvalue weighted by atomic mass is 32.2. The first-order chi connectivity index (χ1) is 13.7. The summed E-state index contributed by atoms with van der Waals surface area (Å²) in [4.78, 5) is 12.3. The van der Waals surface area contributed by atoms with E-state index in [0.717, 1.165) is 9.87 Å². The van der Waals surface area contributed by atoms with Crippen molar-refractivity contribution in [2.45, 2.75) is 18.4 Å². The van der Waals surface area contributed by atoms with E-state index < -0.39 is 10.0 Å². The van der Waals surface area contributed by atoms with Crippen molar-refractivity contribution >= 4 is 33.0 Å². The Labute approximate surface area is 168 Å². The van der Waals surface area contributed by atoms with Gasteiger partial charge in [0.2, 0.25) is 15.9 Å². The van der Waals surface area contributed by atoms with Gasteiger partial charge in [-0.3, -0.25) is 4.79 Å². The molecule has 6 nitrogen and oxygen atoms in total. The SMILES string of the molecule is Cc1c(CNC(=O)/C=C/c2ccc(S(=O)(=O)N(C)C)cc2)oc2ccc(F)cc12. The molecule has 2 aromatic carbocycles. The molecule has 152 valence electrons. The summed E-state index contributed by atoms with van der Waals surface area (Å²) in [5.41, 5.74) is 2.03. The molecular formula is C21H21FN2O4S. The monoisotopic (exact) mass is 416 g/mol. The van der Waals surface area contributed by atoms with Crippen molar-refractivity contribution in [3.8, 4) is 0 Å². The molecule has 0 spiro atoms. The van der Waals surface area contributed by atoms with Gasteiger partial charge in [-0.2, -0.15) is 0 Å². The molecule has 29 heavy (non-hydrogen) atoms. The largest absolute Gasteiger partial charge is 0.459 e. The van der Waals surface area contributed by atoms with Gasteiger partial charge in [-0.25, -0.2) is 17.1 Å². The fourth-order valence-corrected chi connectivity index (χ4v) is 3.67. The number of hydrogen-bond acceptors (Lipinski definition) is 4. The van der Waals surface area contributed by atoms with Crippen molar-refractivity contribution in [3.05, 3.63) is 71.2 Å². The first kappa shape index (κ1) is 20.8. The molecule has 0 unspecified atom stereocenters. The molecule has 1 N–H and O–H groups in total. The van der Waals surface area contributed by atoms with Gasteiger partial charge >= 0.3 is 0 Å². The Hall–Kier alpha value is -2.97. The first-order valence-electron chi connectivity index (χ1n) is 8.84. The predicted octanol–water partition coefficient (Wildman–Crippen LogP) is 3.46. The summed E-state index contributed by atoms with van der Waals surface area (Å²) in [6.45, 7) is 1.98. The predicted molar refractivity (Wildman–Crippen MR) is 109 cm³/mol. The van der Waals surface area contributed by atoms with Crippen LogP contribution in [0.3, 0.4) is 0 Å². The van der Waals surface area contributed by atoms with E-state index in [0.29, 0.717) is 22.3 Å². The summed E-state index contributed by atoms with van der Waals surface area (Å²) in [7, 11) is -0.554. The lowest BCUT2D eigenvalue weighted by Gasteiger charge is -2.11. The van der Waals surface area contributed by atoms with Crippen molar-refractivity contribution in [2.75, 3.05) is 14.1 Å². The average molecular weight is 416 g/mol. The molecule has 0 saturated carbocycles. The number of nitrogens with one attached hydrogen (secondary N) is 1. The van der Waals surface area contributed by atoms with E-state index >= 15 is 0 Å². The maximum absolute atomic E-state index is 13.4. The van der Waals surface area contributed by atoms with E-state index in [1.54, 1.807) is 24.3 Å². The lowest BCUT2D eigenvalue weighted by Crippen LogP contribution is -2.22. The quantitative estimate of drug-likeness (QED) is 0.624. The molecule has 8 heteroatoms. The molecule has 0 fully saturated rings. The highest BCUT2D eigenvalue weighted by Crippen LogP contribution is 2.25. The van der Waals surface area contributed by atoms with Gasteiger partial charge in [0.15, 0.2) is 0 Å². The van der Waals surface area contributed by atoms with Gasteiger partial charge in [0, 0.05) is 31.1 Å². The van der Waals surface area contributed by atoms with Gasteiger partial charge in [0.1, 0.15) is 17.2 Å². The number of sulfonamides is 1. The summed E-state index contributed by atoms with van der Waals surface area (Å²) in [6.07, 6.45) is 2.94. The lowest BCUT2D eigenvalue weighted by molar-refractivity contribution is -0.116. The van der Waals surface area contributed by atoms with Crippen LogP contribution in [0.2, 0.25) is 0 Å². The normalized spacial score (nSPS) is 12.2. The second-order valence-corrected chi connectivity index (χ2v) is 8.85. The molecule has 0 aliphatic heterocycles. The van der Waals surface area contributed by atoms with Crippen LogP contribution < -0.4 is 5.32 Å². The summed E-state index contributed by atoms with van der Waals surface area (Å²) in [5, 5.41) is 3.40. The lowest BCUT2D eigenvalue weighted by atomic mass is 10.1. The number of aryl methyl sites for hydroxylation is 1. The zero-order chi connectivity index (χ0) is 21.2. The molecule has 1 heterocycles. The van der Waals surface area contributed by atoms with E-state index in [9.17, 15) is 17.6 Å². The first-order valence-corrected chi connectivity index (χ1v) is 10.3. The number of benzene rings is 2. The van der Waals surface area contributed by atoms with Gasteiger partial charge in [-0.05, 0) is 48.9 Å². The van der Waals surface area contributed by atoms with Crippen LogP contribution in [0.25, 0.3) is 17.0 Å². The minimum atomic E-state index is -3.49. The summed E-state index contributed by atoms with van der Waals surface area (Å²) in [6, 6.07) is 10.5. The fourth-order valence-electron chi connectivity index (χ4n) is 2.77. The molecule has 0 saturated heterocycles. The third kappa shape index (κ3) is 4.55. The van der Waals surface area contributed by atoms with Crippen LogP contribution in [0.15, 0.2) is 57.9 Å². The molecule has 0 bridgehead atoms. The van der Waals surface area contributed by atoms with Crippen molar-refractivity contribution < 1.29 is 22.0 Å². The van der Waals surface area contributed by atoms with Gasteiger partial charge in [0.25, 0.3) is 0 Å². The zero-order valence-electron chi connectivity index (χ0n) is 16.3. The van der Waals surface area contributed by atoms with Crippen LogP contribution >= 0.6 is 0 Å². The Kier molecular flexibility index (Phi) is 5.86. The molecule has 0 radical (unpaired) electrons. The standard InChI is InChI=1S/C21H21FN2O4S/c1-14-18-12-16(22)7-10-19(18)28-20(14)13-23-21(25)11-6-15-4-8-17(9-5-15)29(26,27)24(2)3/h4-12H,13H2,1-3H3,(H,23,25)/b11-6+. The van der Waals surface area contributed by atoms with Gasteiger partial charge in [-0.15, -0.1) is 0 Å². The molecule has 0 atom stereocenters. The number of hydrogen-bond donors (Lipinski definition) is 1. The number of amides is 1. The van der Waals surface area contributed by atoms with Crippen LogP contribution in [0, 0.1) is 12.7 Å². The third-order valence-corrected chi connectivity index (χ3v) is 6.34. The Bertz CT molecular complexity index is 1180. The number of furan rings is 1. The Morgan fingerprint density at radius 1 is 1.17 bits per heavy atom. The second-order valence-electron chi connectivity index (χ2n) is 6.70. The van der Waals surface area contributed by atoms with Gasteiger partial charge in [-0.1, -0.05) is 12.1 Å². The van der Waals surface area contributed by atoms with E-state index in [-0.39, 0.29) is 23.2 Å². The van der Waals surface area contributed by atoms with Crippen LogP contribution in [-0.4, -0.2) is 32.7 Å². The number of carbonyl (C=O) groups is 1. The summed E-state index contributed by atoms with van der Waals surface area (Å²) >= 11 is 0. The highest BCUT2D eigenvalue weighted by molar-refractivity contribution is 7.89. The third-order valence-electron chi connectivity index (χ3n) is 4.51. The topological polar surface area (TPSA) is 79.6 Å². The smallest absolute Gasteiger partial charge is 0.244 e. The van der Waals surface area contributed by atoms with Crippen LogP contribution in [0.4, 0.5) is 4.39 Å². The fraction of sp³-hybridized carbons (Fsp3) is 0.190. The van der Waals surface area contributed by atoms with Gasteiger partial charge in [0.05, 0.1) is 11.4 Å². The maximum atomic E-state index is 13.4. The molecule has 3 rings (SSSR count). The molecule has 0 aliphatic rings. The van der Waals surface area contributed by atoms with E-state index in [1.807, 2.05) is 6.92 Å². The van der Waals surface area contributed by atoms with Crippen molar-refractivity contribution in [1.82, 2.24) is 9.62 Å². The molecule has 1 amide bonds. The number of nitrogens with zero attached hydrogens (tertiary/aromatic N) is 1. The maximum Gasteiger partial charge on any atom is 0.244 e. The summed E-state index contributed by atoms with van der Waals surface area (Å²) in [5.74, 6) is -0.115. The molecule has 3 aromatic rings. The molecule has 0 aliphatic carbocycles. The summed E-state index contributed by atoms with van der Waals surface area (Å²) < 4.78 is 44.3. The molecular weight excluding hydrogens is 395 g/mol. The van der Waals surface area contributed by atoms with Crippen molar-refractivity contribution in [1.29, 1.82) is 0 Å². The van der Waals surface area contributed by atoms with Gasteiger partial charge < -0.3 is 9.73 Å². The average Bonchev–Trinajstić information content (AvgIpc) is 3.00. The highest BCUT2D eigenvalue weighted by Gasteiger charge is 2.16. The minimum absolute atomic E-state index is 0.172. The Morgan fingerprint density at radius 2 is 1.86 bits per heavy atom. The van der Waals surface area contributed by atoms with Crippen LogP contribution in [0.1, 0.15) is 16.9 Å². The molecule has 1 aromatic heterocycles. The number of rotatable bonds is 6. The Balaban J connectivity index is 1.64. The Morgan fingerprint density at radius 3 is 2.52 bits per heavy atom. The second kappa shape index (κ2) is 8.18. The number of carbonyl (C=O) groups excluding carboxylic acids is 1. The van der Waals surface area contributed by atoms with E-state index in [2.05, 4.69) is 5.32 Å². The number of halogens is 1.